The first-order chi connectivity index (χ1) is 22.3. The second kappa shape index (κ2) is 13.6. The summed E-state index contributed by atoms with van der Waals surface area (Å²) in [5.74, 6) is 2.53. The van der Waals surface area contributed by atoms with Crippen LogP contribution in [0.3, 0.4) is 0 Å². The van der Waals surface area contributed by atoms with E-state index in [4.69, 9.17) is 18.9 Å². The molecular weight excluding hydrogens is 591 g/mol. The van der Waals surface area contributed by atoms with E-state index >= 15 is 4.39 Å². The lowest BCUT2D eigenvalue weighted by atomic mass is 10.1. The van der Waals surface area contributed by atoms with Crippen LogP contribution >= 0.6 is 0 Å². The fourth-order valence-corrected chi connectivity index (χ4v) is 5.84. The number of carbonyl (C=O) groups excluding carboxylic acids is 1. The van der Waals surface area contributed by atoms with E-state index in [-0.39, 0.29) is 29.9 Å². The molecule has 2 fully saturated rings. The molecule has 0 spiro atoms. The van der Waals surface area contributed by atoms with Crippen LogP contribution in [0.1, 0.15) is 26.7 Å². The van der Waals surface area contributed by atoms with Crippen LogP contribution in [0, 0.1) is 5.82 Å². The molecule has 0 radical (unpaired) electrons. The number of halogens is 1. The van der Waals surface area contributed by atoms with Crippen LogP contribution in [0.4, 0.5) is 21.7 Å². The van der Waals surface area contributed by atoms with Gasteiger partial charge in [-0.2, -0.15) is 0 Å². The Kier molecular flexibility index (Phi) is 9.16. The number of rotatable bonds is 9. The molecule has 240 valence electrons. The van der Waals surface area contributed by atoms with Gasteiger partial charge >= 0.3 is 0 Å². The SMILES string of the molecule is C=CC(=O)N1CCC(Oc2cc3c(Nc4ccc(Oc5ccnc(N6C[C@@H](C)O[C@@H](C)C6)c5)cc4F)ncnc3cc2OC)CC1. The molecule has 0 unspecified atom stereocenters. The number of pyridine rings is 1. The fourth-order valence-electron chi connectivity index (χ4n) is 5.84. The standard InChI is InChI=1S/C34H37FN6O5/c1-5-33(42)40-12-9-23(10-13-40)46-31-16-26-29(17-30(31)43-4)37-20-38-34(26)39-28-7-6-24(14-27(28)35)45-25-8-11-36-32(15-25)41-18-21(2)44-22(3)19-41/h5-8,11,14-17,20-23H,1,9-10,12-13,18-19H2,2-4H3,(H,37,38,39)/t21-,22+. The van der Waals surface area contributed by atoms with Crippen molar-refractivity contribution in [2.75, 3.05) is 43.5 Å². The summed E-state index contributed by atoms with van der Waals surface area (Å²) in [4.78, 5) is 29.1. The molecule has 0 saturated carbocycles. The number of carbonyl (C=O) groups is 1. The lowest BCUT2D eigenvalue weighted by Gasteiger charge is -2.36. The first kappa shape index (κ1) is 31.0. The Labute approximate surface area is 267 Å². The van der Waals surface area contributed by atoms with Gasteiger partial charge in [-0.05, 0) is 44.2 Å². The summed E-state index contributed by atoms with van der Waals surface area (Å²) in [6.45, 7) is 10.3. The quantitative estimate of drug-likeness (QED) is 0.226. The number of hydrogen-bond donors (Lipinski definition) is 1. The summed E-state index contributed by atoms with van der Waals surface area (Å²) in [7, 11) is 1.56. The van der Waals surface area contributed by atoms with Gasteiger partial charge in [0.2, 0.25) is 5.91 Å². The molecule has 2 aromatic carbocycles. The molecule has 4 heterocycles. The van der Waals surface area contributed by atoms with E-state index < -0.39 is 5.82 Å². The van der Waals surface area contributed by atoms with Crippen LogP contribution < -0.4 is 24.4 Å². The van der Waals surface area contributed by atoms with E-state index in [1.165, 1.54) is 18.5 Å². The third kappa shape index (κ3) is 6.96. The molecule has 11 nitrogen and oxygen atoms in total. The summed E-state index contributed by atoms with van der Waals surface area (Å²) in [5, 5.41) is 3.73. The van der Waals surface area contributed by atoms with E-state index in [0.717, 1.165) is 18.9 Å². The Hall–Kier alpha value is -4.97. The topological polar surface area (TPSA) is 111 Å². The zero-order valence-electron chi connectivity index (χ0n) is 26.1. The van der Waals surface area contributed by atoms with Crippen molar-refractivity contribution in [1.82, 2.24) is 19.9 Å². The van der Waals surface area contributed by atoms with E-state index in [9.17, 15) is 4.79 Å². The number of amides is 1. The third-order valence-corrected chi connectivity index (χ3v) is 8.03. The molecule has 2 atom stereocenters. The van der Waals surface area contributed by atoms with Gasteiger partial charge in [0.05, 0.1) is 30.5 Å². The zero-order valence-corrected chi connectivity index (χ0v) is 26.1. The van der Waals surface area contributed by atoms with Crippen LogP contribution in [0.2, 0.25) is 0 Å². The lowest BCUT2D eigenvalue weighted by molar-refractivity contribution is -0.127. The normalized spacial score (nSPS) is 18.7. The molecule has 0 bridgehead atoms. The van der Waals surface area contributed by atoms with Gasteiger partial charge in [0.1, 0.15) is 41.4 Å². The number of piperidine rings is 1. The molecule has 1 N–H and O–H groups in total. The highest BCUT2D eigenvalue weighted by atomic mass is 19.1. The molecular formula is C34H37FN6O5. The number of nitrogens with one attached hydrogen (secondary N) is 1. The van der Waals surface area contributed by atoms with Gasteiger partial charge < -0.3 is 34.1 Å². The molecule has 6 rings (SSSR count). The number of likely N-dealkylation sites (tertiary alicyclic amines) is 1. The highest BCUT2D eigenvalue weighted by molar-refractivity contribution is 5.93. The van der Waals surface area contributed by atoms with Crippen LogP contribution in [-0.4, -0.2) is 77.4 Å². The second-order valence-corrected chi connectivity index (χ2v) is 11.5. The van der Waals surface area contributed by atoms with Gasteiger partial charge in [-0.25, -0.2) is 19.3 Å². The Bertz CT molecular complexity index is 1720. The minimum atomic E-state index is -0.514. The second-order valence-electron chi connectivity index (χ2n) is 11.5. The number of nitrogens with zero attached hydrogens (tertiary/aromatic N) is 5. The number of methoxy groups -OCH3 is 1. The number of aromatic nitrogens is 3. The van der Waals surface area contributed by atoms with E-state index in [1.54, 1.807) is 48.5 Å². The van der Waals surface area contributed by atoms with Crippen molar-refractivity contribution in [2.24, 2.45) is 0 Å². The van der Waals surface area contributed by atoms with Crippen molar-refractivity contribution in [2.45, 2.75) is 45.0 Å². The van der Waals surface area contributed by atoms with Crippen molar-refractivity contribution in [3.63, 3.8) is 0 Å². The summed E-state index contributed by atoms with van der Waals surface area (Å²) < 4.78 is 39.2. The van der Waals surface area contributed by atoms with Crippen molar-refractivity contribution in [3.05, 3.63) is 73.5 Å². The maximum Gasteiger partial charge on any atom is 0.245 e. The number of anilines is 3. The predicted molar refractivity (Wildman–Crippen MR) is 173 cm³/mol. The molecule has 12 heteroatoms. The molecule has 0 aliphatic carbocycles. The first-order valence-corrected chi connectivity index (χ1v) is 15.3. The van der Waals surface area contributed by atoms with Crippen molar-refractivity contribution < 1.29 is 28.1 Å². The van der Waals surface area contributed by atoms with E-state index in [2.05, 4.69) is 31.7 Å². The smallest absolute Gasteiger partial charge is 0.245 e. The minimum Gasteiger partial charge on any atom is -0.493 e. The Morgan fingerprint density at radius 1 is 1.02 bits per heavy atom. The number of hydrogen-bond acceptors (Lipinski definition) is 10. The monoisotopic (exact) mass is 628 g/mol. The van der Waals surface area contributed by atoms with Gasteiger partial charge in [0.25, 0.3) is 0 Å². The van der Waals surface area contributed by atoms with Crippen molar-refractivity contribution in [3.8, 4) is 23.0 Å². The third-order valence-electron chi connectivity index (χ3n) is 8.03. The summed E-state index contributed by atoms with van der Waals surface area (Å²) in [6, 6.07) is 11.8. The molecule has 1 amide bonds. The van der Waals surface area contributed by atoms with Crippen LogP contribution in [0.25, 0.3) is 10.9 Å². The molecule has 2 aromatic heterocycles. The molecule has 2 aliphatic rings. The van der Waals surface area contributed by atoms with Crippen molar-refractivity contribution in [1.29, 1.82) is 0 Å². The maximum atomic E-state index is 15.4. The van der Waals surface area contributed by atoms with Gasteiger partial charge in [0.15, 0.2) is 11.5 Å². The van der Waals surface area contributed by atoms with E-state index in [0.29, 0.717) is 65.6 Å². The highest BCUT2D eigenvalue weighted by Crippen LogP contribution is 2.37. The van der Waals surface area contributed by atoms with Gasteiger partial charge in [-0.1, -0.05) is 6.58 Å². The maximum absolute atomic E-state index is 15.4. The van der Waals surface area contributed by atoms with Crippen LogP contribution in [0.5, 0.6) is 23.0 Å². The number of fused-ring (bicyclic) bond motifs is 1. The average molecular weight is 629 g/mol. The lowest BCUT2D eigenvalue weighted by Crippen LogP contribution is -2.45. The molecule has 46 heavy (non-hydrogen) atoms. The highest BCUT2D eigenvalue weighted by Gasteiger charge is 2.25. The summed E-state index contributed by atoms with van der Waals surface area (Å²) >= 11 is 0. The Morgan fingerprint density at radius 3 is 2.50 bits per heavy atom. The summed E-state index contributed by atoms with van der Waals surface area (Å²) in [5.41, 5.74) is 0.822. The summed E-state index contributed by atoms with van der Waals surface area (Å²) in [6.07, 6.45) is 5.84. The van der Waals surface area contributed by atoms with Gasteiger partial charge in [0, 0.05) is 68.8 Å². The number of ether oxygens (including phenoxy) is 4. The average Bonchev–Trinajstić information content (AvgIpc) is 3.05. The zero-order chi connectivity index (χ0) is 32.2. The van der Waals surface area contributed by atoms with Gasteiger partial charge in [-0.3, -0.25) is 4.79 Å². The predicted octanol–water partition coefficient (Wildman–Crippen LogP) is 5.88. The first-order valence-electron chi connectivity index (χ1n) is 15.3. The molecule has 4 aromatic rings. The molecule has 2 aliphatic heterocycles. The van der Waals surface area contributed by atoms with Crippen LogP contribution in [-0.2, 0) is 9.53 Å². The van der Waals surface area contributed by atoms with Gasteiger partial charge in [-0.15, -0.1) is 0 Å². The number of morpholine rings is 1. The van der Waals surface area contributed by atoms with E-state index in [1.807, 2.05) is 19.9 Å². The largest absolute Gasteiger partial charge is 0.493 e. The van der Waals surface area contributed by atoms with Crippen LogP contribution in [0.15, 0.2) is 67.6 Å². The fraction of sp³-hybridized carbons (Fsp3) is 0.353. The molecule has 2 saturated heterocycles. The number of benzene rings is 2. The van der Waals surface area contributed by atoms with Crippen molar-refractivity contribution >= 4 is 34.1 Å². The Morgan fingerprint density at radius 2 is 1.78 bits per heavy atom. The minimum absolute atomic E-state index is 0.0823. The Balaban J connectivity index is 1.17.